The largest absolute Gasteiger partial charge is 0.465 e. The van der Waals surface area contributed by atoms with Crippen LogP contribution in [0, 0.1) is 6.92 Å². The van der Waals surface area contributed by atoms with Gasteiger partial charge in [0.2, 0.25) is 0 Å². The maximum atomic E-state index is 12.8. The summed E-state index contributed by atoms with van der Waals surface area (Å²) in [6.45, 7) is 1.37. The number of carbonyl (C=O) groups is 1. The summed E-state index contributed by atoms with van der Waals surface area (Å²) >= 11 is 0. The maximum Gasteiger partial charge on any atom is 0.340 e. The third-order valence-corrected chi connectivity index (χ3v) is 2.20. The Balaban J connectivity index is 3.48. The summed E-state index contributed by atoms with van der Waals surface area (Å²) in [5.41, 5.74) is 5.13. The van der Waals surface area contributed by atoms with Gasteiger partial charge in [0.05, 0.1) is 18.4 Å². The highest BCUT2D eigenvalue weighted by Crippen LogP contribution is 2.28. The topological polar surface area (TPSA) is 65.2 Å². The Morgan fingerprint density at radius 3 is 2.69 bits per heavy atom. The number of ether oxygens (including phenoxy) is 1. The zero-order valence-corrected chi connectivity index (χ0v) is 8.96. The van der Waals surface area contributed by atoms with E-state index >= 15 is 0 Å². The van der Waals surface area contributed by atoms with E-state index in [1.165, 1.54) is 13.1 Å². The van der Waals surface area contributed by atoms with Crippen molar-refractivity contribution in [2.75, 3.05) is 7.11 Å². The molecule has 1 aromatic heterocycles. The van der Waals surface area contributed by atoms with Gasteiger partial charge in [-0.05, 0) is 12.5 Å². The highest BCUT2D eigenvalue weighted by atomic mass is 19.3. The van der Waals surface area contributed by atoms with Crippen molar-refractivity contribution in [2.24, 2.45) is 5.73 Å². The Morgan fingerprint density at radius 1 is 1.62 bits per heavy atom. The lowest BCUT2D eigenvalue weighted by Gasteiger charge is -2.13. The molecule has 0 atom stereocenters. The molecule has 0 saturated heterocycles. The highest BCUT2D eigenvalue weighted by Gasteiger charge is 2.25. The molecule has 0 aliphatic heterocycles. The zero-order chi connectivity index (χ0) is 12.3. The average molecular weight is 230 g/mol. The maximum absolute atomic E-state index is 12.8. The lowest BCUT2D eigenvalue weighted by atomic mass is 10.0. The average Bonchev–Trinajstić information content (AvgIpc) is 2.27. The number of nitrogens with zero attached hydrogens (tertiary/aromatic N) is 1. The van der Waals surface area contributed by atoms with Crippen LogP contribution in [0.5, 0.6) is 0 Å². The van der Waals surface area contributed by atoms with Gasteiger partial charge in [-0.3, -0.25) is 4.98 Å². The Labute approximate surface area is 91.4 Å². The molecule has 0 aromatic carbocycles. The summed E-state index contributed by atoms with van der Waals surface area (Å²) in [6, 6.07) is 0. The molecule has 0 unspecified atom stereocenters. The van der Waals surface area contributed by atoms with E-state index in [0.29, 0.717) is 0 Å². The molecule has 0 spiro atoms. The summed E-state index contributed by atoms with van der Waals surface area (Å²) in [4.78, 5) is 15.3. The van der Waals surface area contributed by atoms with E-state index in [9.17, 15) is 13.6 Å². The van der Waals surface area contributed by atoms with Gasteiger partial charge >= 0.3 is 5.97 Å². The van der Waals surface area contributed by atoms with E-state index in [1.807, 2.05) is 0 Å². The number of methoxy groups -OCH3 is 1. The predicted octanol–water partition coefficient (Wildman–Crippen LogP) is 1.57. The lowest BCUT2D eigenvalue weighted by molar-refractivity contribution is 0.0586. The molecule has 1 aromatic rings. The van der Waals surface area contributed by atoms with Gasteiger partial charge < -0.3 is 10.5 Å². The molecule has 0 fully saturated rings. The number of aromatic nitrogens is 1. The number of hydrogen-bond donors (Lipinski definition) is 1. The van der Waals surface area contributed by atoms with Crippen LogP contribution in [0.25, 0.3) is 0 Å². The van der Waals surface area contributed by atoms with Gasteiger partial charge in [0.15, 0.2) is 0 Å². The molecule has 1 rings (SSSR count). The first-order valence-electron chi connectivity index (χ1n) is 4.57. The summed E-state index contributed by atoms with van der Waals surface area (Å²) in [7, 11) is 1.13. The van der Waals surface area contributed by atoms with E-state index in [4.69, 9.17) is 5.73 Å². The minimum atomic E-state index is -2.76. The van der Waals surface area contributed by atoms with Gasteiger partial charge in [-0.25, -0.2) is 13.6 Å². The highest BCUT2D eigenvalue weighted by molar-refractivity contribution is 5.92. The van der Waals surface area contributed by atoms with Crippen molar-refractivity contribution < 1.29 is 18.3 Å². The van der Waals surface area contributed by atoms with Crippen molar-refractivity contribution in [3.63, 3.8) is 0 Å². The number of rotatable bonds is 3. The smallest absolute Gasteiger partial charge is 0.340 e. The fourth-order valence-corrected chi connectivity index (χ4v) is 1.43. The molecule has 0 aliphatic rings. The zero-order valence-electron chi connectivity index (χ0n) is 8.96. The third kappa shape index (κ3) is 2.16. The first-order chi connectivity index (χ1) is 7.52. The fraction of sp³-hybridized carbons (Fsp3) is 0.400. The lowest BCUT2D eigenvalue weighted by Crippen LogP contribution is -2.15. The molecule has 0 saturated carbocycles. The van der Waals surface area contributed by atoms with Crippen molar-refractivity contribution in [1.82, 2.24) is 4.98 Å². The molecule has 0 aliphatic carbocycles. The van der Waals surface area contributed by atoms with Crippen LogP contribution in [-0.2, 0) is 11.3 Å². The minimum Gasteiger partial charge on any atom is -0.465 e. The molecule has 4 nitrogen and oxygen atoms in total. The summed E-state index contributed by atoms with van der Waals surface area (Å²) < 4.78 is 30.1. The number of nitrogens with two attached hydrogens (primary N) is 1. The quantitative estimate of drug-likeness (QED) is 0.800. The second-order valence-corrected chi connectivity index (χ2v) is 3.17. The van der Waals surface area contributed by atoms with E-state index in [1.54, 1.807) is 0 Å². The van der Waals surface area contributed by atoms with Gasteiger partial charge in [-0.1, -0.05) is 0 Å². The Morgan fingerprint density at radius 2 is 2.25 bits per heavy atom. The second-order valence-electron chi connectivity index (χ2n) is 3.17. The van der Waals surface area contributed by atoms with Crippen LogP contribution in [0.2, 0.25) is 0 Å². The molecule has 1 heterocycles. The first-order valence-corrected chi connectivity index (χ1v) is 4.57. The molecular weight excluding hydrogens is 218 g/mol. The van der Waals surface area contributed by atoms with Crippen LogP contribution in [0.4, 0.5) is 8.78 Å². The Bertz CT molecular complexity index is 408. The molecule has 0 bridgehead atoms. The van der Waals surface area contributed by atoms with Crippen LogP contribution in [0.15, 0.2) is 6.20 Å². The number of hydrogen-bond acceptors (Lipinski definition) is 4. The third-order valence-electron chi connectivity index (χ3n) is 2.20. The normalized spacial score (nSPS) is 10.6. The summed E-state index contributed by atoms with van der Waals surface area (Å²) in [5, 5.41) is 0. The number of halogens is 2. The number of alkyl halides is 2. The molecule has 16 heavy (non-hydrogen) atoms. The van der Waals surface area contributed by atoms with Crippen molar-refractivity contribution in [3.8, 4) is 0 Å². The van der Waals surface area contributed by atoms with E-state index in [0.717, 1.165) is 7.11 Å². The van der Waals surface area contributed by atoms with Crippen LogP contribution in [0.3, 0.4) is 0 Å². The van der Waals surface area contributed by atoms with Crippen molar-refractivity contribution in [2.45, 2.75) is 19.9 Å². The Hall–Kier alpha value is -1.56. The molecule has 2 N–H and O–H groups in total. The first kappa shape index (κ1) is 12.5. The number of esters is 1. The molecule has 6 heteroatoms. The number of pyridine rings is 1. The minimum absolute atomic E-state index is 0.0928. The monoisotopic (exact) mass is 230 g/mol. The molecule has 0 amide bonds. The second kappa shape index (κ2) is 4.98. The van der Waals surface area contributed by atoms with E-state index in [-0.39, 0.29) is 28.9 Å². The predicted molar refractivity (Wildman–Crippen MR) is 53.2 cm³/mol. The molecule has 0 radical (unpaired) electrons. The summed E-state index contributed by atoms with van der Waals surface area (Å²) in [5.74, 6) is -0.841. The van der Waals surface area contributed by atoms with Gasteiger partial charge in [0, 0.05) is 18.3 Å². The van der Waals surface area contributed by atoms with Crippen molar-refractivity contribution in [1.29, 1.82) is 0 Å². The molecule has 88 valence electrons. The fourth-order valence-electron chi connectivity index (χ4n) is 1.43. The van der Waals surface area contributed by atoms with Crippen LogP contribution in [-0.4, -0.2) is 18.1 Å². The SMILES string of the molecule is COC(=O)c1c(CN)ncc(C)c1C(F)F. The number of carbonyl (C=O) groups excluding carboxylic acids is 1. The van der Waals surface area contributed by atoms with Crippen LogP contribution in [0.1, 0.15) is 33.6 Å². The van der Waals surface area contributed by atoms with E-state index < -0.39 is 12.4 Å². The van der Waals surface area contributed by atoms with Gasteiger partial charge in [0.25, 0.3) is 6.43 Å². The van der Waals surface area contributed by atoms with Gasteiger partial charge in [-0.15, -0.1) is 0 Å². The van der Waals surface area contributed by atoms with Crippen LogP contribution >= 0.6 is 0 Å². The van der Waals surface area contributed by atoms with E-state index in [2.05, 4.69) is 9.72 Å². The van der Waals surface area contributed by atoms with Gasteiger partial charge in [-0.2, -0.15) is 0 Å². The number of aryl methyl sites for hydroxylation is 1. The standard InChI is InChI=1S/C10H12F2N2O2/c1-5-4-14-6(3-13)8(10(15)16-2)7(5)9(11)12/h4,9H,3,13H2,1-2H3. The Kier molecular flexibility index (Phi) is 3.89. The summed E-state index contributed by atoms with van der Waals surface area (Å²) in [6.07, 6.45) is -1.49. The van der Waals surface area contributed by atoms with Crippen molar-refractivity contribution in [3.05, 3.63) is 28.6 Å². The molecular formula is C10H12F2N2O2. The van der Waals surface area contributed by atoms with Crippen LogP contribution < -0.4 is 5.73 Å². The van der Waals surface area contributed by atoms with Crippen molar-refractivity contribution >= 4 is 5.97 Å². The van der Waals surface area contributed by atoms with Gasteiger partial charge in [0.1, 0.15) is 0 Å².